The molecule has 30 heavy (non-hydrogen) atoms. The van der Waals surface area contributed by atoms with E-state index in [0.717, 1.165) is 37.7 Å². The number of rotatable bonds is 11. The van der Waals surface area contributed by atoms with Crippen LogP contribution in [0.1, 0.15) is 54.9 Å². The molecule has 5 N–H and O–H groups in total. The van der Waals surface area contributed by atoms with E-state index in [1.807, 2.05) is 19.1 Å². The average molecular weight is 418 g/mol. The van der Waals surface area contributed by atoms with E-state index in [2.05, 4.69) is 20.9 Å². The van der Waals surface area contributed by atoms with E-state index in [-0.39, 0.29) is 17.9 Å². The Hall–Kier alpha value is -2.61. The van der Waals surface area contributed by atoms with Gasteiger partial charge in [0.05, 0.1) is 6.54 Å². The Kier molecular flexibility index (Phi) is 9.60. The third kappa shape index (κ3) is 7.67. The highest BCUT2D eigenvalue weighted by Gasteiger charge is 2.33. The average Bonchev–Trinajstić information content (AvgIpc) is 3.21. The van der Waals surface area contributed by atoms with Crippen LogP contribution in [0, 0.1) is 5.41 Å². The van der Waals surface area contributed by atoms with Crippen LogP contribution in [-0.4, -0.2) is 51.1 Å². The first-order chi connectivity index (χ1) is 14.5. The van der Waals surface area contributed by atoms with Crippen molar-refractivity contribution in [3.05, 3.63) is 35.4 Å². The van der Waals surface area contributed by atoms with E-state index < -0.39 is 5.91 Å². The second-order valence-electron chi connectivity index (χ2n) is 7.78. The number of benzene rings is 1. The van der Waals surface area contributed by atoms with Gasteiger partial charge in [-0.25, -0.2) is 0 Å². The molecule has 0 saturated heterocycles. The molecule has 166 valence electrons. The Morgan fingerprint density at radius 1 is 1.13 bits per heavy atom. The predicted octanol–water partition coefficient (Wildman–Crippen LogP) is 1.55. The number of amides is 2. The molecular formula is C22H35N5O3. The van der Waals surface area contributed by atoms with Crippen molar-refractivity contribution < 1.29 is 14.3 Å². The third-order valence-electron chi connectivity index (χ3n) is 5.60. The van der Waals surface area contributed by atoms with Gasteiger partial charge in [-0.2, -0.15) is 0 Å². The van der Waals surface area contributed by atoms with Crippen LogP contribution in [0.5, 0.6) is 0 Å². The third-order valence-corrected chi connectivity index (χ3v) is 5.60. The molecule has 0 aromatic heterocycles. The van der Waals surface area contributed by atoms with Crippen LogP contribution in [0.2, 0.25) is 0 Å². The van der Waals surface area contributed by atoms with Crippen molar-refractivity contribution in [2.75, 3.05) is 33.4 Å². The lowest BCUT2D eigenvalue weighted by molar-refractivity contribution is -0.117. The maximum absolute atomic E-state index is 11.9. The van der Waals surface area contributed by atoms with E-state index in [1.165, 1.54) is 25.7 Å². The maximum atomic E-state index is 11.9. The Bertz CT molecular complexity index is 712. The Morgan fingerprint density at radius 3 is 2.43 bits per heavy atom. The highest BCUT2D eigenvalue weighted by molar-refractivity contribution is 5.96. The molecule has 8 nitrogen and oxygen atoms in total. The number of hydrogen-bond acceptors (Lipinski definition) is 4. The minimum absolute atomic E-state index is 0.170. The molecule has 2 amide bonds. The Labute approximate surface area is 179 Å². The number of carbonyl (C=O) groups is 2. The van der Waals surface area contributed by atoms with Crippen molar-refractivity contribution in [3.63, 3.8) is 0 Å². The zero-order valence-corrected chi connectivity index (χ0v) is 18.1. The number of carbonyl (C=O) groups excluding carboxylic acids is 2. The van der Waals surface area contributed by atoms with Crippen LogP contribution in [0.3, 0.4) is 0 Å². The summed E-state index contributed by atoms with van der Waals surface area (Å²) >= 11 is 0. The smallest absolute Gasteiger partial charge is 0.251 e. The summed E-state index contributed by atoms with van der Waals surface area (Å²) in [6, 6.07) is 7.20. The summed E-state index contributed by atoms with van der Waals surface area (Å²) in [6.07, 6.45) is 6.08. The molecule has 1 aliphatic rings. The van der Waals surface area contributed by atoms with Gasteiger partial charge < -0.3 is 26.4 Å². The van der Waals surface area contributed by atoms with Crippen LogP contribution < -0.4 is 21.7 Å². The summed E-state index contributed by atoms with van der Waals surface area (Å²) in [5.41, 5.74) is 6.84. The van der Waals surface area contributed by atoms with Gasteiger partial charge in [-0.15, -0.1) is 0 Å². The summed E-state index contributed by atoms with van der Waals surface area (Å²) in [5, 5.41) is 9.29. The number of nitrogens with one attached hydrogen (secondary N) is 3. The van der Waals surface area contributed by atoms with Crippen LogP contribution in [0.4, 0.5) is 0 Å². The summed E-state index contributed by atoms with van der Waals surface area (Å²) < 4.78 is 5.59. The standard InChI is InChI=1S/C22H35N5O3/c1-3-30-13-12-22(10-4-5-11-22)16-27-21(24-2)26-14-17-6-8-18(9-7-17)20(29)25-15-19(23)28/h6-9H,3-5,10-16H2,1-2H3,(H2,23,28)(H,25,29)(H2,24,26,27). The molecule has 1 aromatic rings. The largest absolute Gasteiger partial charge is 0.382 e. The maximum Gasteiger partial charge on any atom is 0.251 e. The van der Waals surface area contributed by atoms with Gasteiger partial charge in [0.15, 0.2) is 5.96 Å². The van der Waals surface area contributed by atoms with E-state index in [1.54, 1.807) is 19.2 Å². The molecule has 0 aliphatic heterocycles. The molecular weight excluding hydrogens is 382 g/mol. The number of guanidine groups is 1. The molecule has 2 rings (SSSR count). The molecule has 1 aromatic carbocycles. The highest BCUT2D eigenvalue weighted by Crippen LogP contribution is 2.40. The first-order valence-corrected chi connectivity index (χ1v) is 10.7. The molecule has 0 heterocycles. The van der Waals surface area contributed by atoms with Gasteiger partial charge in [0.1, 0.15) is 0 Å². The van der Waals surface area contributed by atoms with Crippen LogP contribution in [-0.2, 0) is 16.1 Å². The molecule has 8 heteroatoms. The van der Waals surface area contributed by atoms with Crippen molar-refractivity contribution in [1.82, 2.24) is 16.0 Å². The molecule has 0 spiro atoms. The zero-order chi connectivity index (χ0) is 21.8. The molecule has 1 aliphatic carbocycles. The lowest BCUT2D eigenvalue weighted by Gasteiger charge is -2.30. The number of ether oxygens (including phenoxy) is 1. The number of aliphatic imine (C=N–C) groups is 1. The lowest BCUT2D eigenvalue weighted by atomic mass is 9.83. The molecule has 1 saturated carbocycles. The summed E-state index contributed by atoms with van der Waals surface area (Å²) in [6.45, 7) is 4.91. The molecule has 0 radical (unpaired) electrons. The lowest BCUT2D eigenvalue weighted by Crippen LogP contribution is -2.43. The first kappa shape index (κ1) is 23.7. The van der Waals surface area contributed by atoms with Crippen molar-refractivity contribution in [1.29, 1.82) is 0 Å². The number of primary amides is 1. The quantitative estimate of drug-likeness (QED) is 0.248. The predicted molar refractivity (Wildman–Crippen MR) is 118 cm³/mol. The van der Waals surface area contributed by atoms with Crippen molar-refractivity contribution >= 4 is 17.8 Å². The summed E-state index contributed by atoms with van der Waals surface area (Å²) in [7, 11) is 1.77. The van der Waals surface area contributed by atoms with Crippen LogP contribution in [0.15, 0.2) is 29.3 Å². The molecule has 0 bridgehead atoms. The molecule has 0 unspecified atom stereocenters. The fourth-order valence-corrected chi connectivity index (χ4v) is 3.79. The van der Waals surface area contributed by atoms with Crippen molar-refractivity contribution in [2.24, 2.45) is 16.1 Å². The second-order valence-corrected chi connectivity index (χ2v) is 7.78. The Morgan fingerprint density at radius 2 is 1.83 bits per heavy atom. The van der Waals surface area contributed by atoms with E-state index in [9.17, 15) is 9.59 Å². The second kappa shape index (κ2) is 12.2. The van der Waals surface area contributed by atoms with Gasteiger partial charge in [0.25, 0.3) is 5.91 Å². The Balaban J connectivity index is 1.82. The first-order valence-electron chi connectivity index (χ1n) is 10.7. The van der Waals surface area contributed by atoms with Gasteiger partial charge in [-0.05, 0) is 49.3 Å². The molecule has 0 atom stereocenters. The normalized spacial score (nSPS) is 15.6. The van der Waals surface area contributed by atoms with Gasteiger partial charge in [0.2, 0.25) is 5.91 Å². The van der Waals surface area contributed by atoms with Gasteiger partial charge in [-0.1, -0.05) is 25.0 Å². The van der Waals surface area contributed by atoms with E-state index in [0.29, 0.717) is 12.1 Å². The van der Waals surface area contributed by atoms with Gasteiger partial charge in [-0.3, -0.25) is 14.6 Å². The number of nitrogens with two attached hydrogens (primary N) is 1. The minimum atomic E-state index is -0.569. The number of nitrogens with zero attached hydrogens (tertiary/aromatic N) is 1. The topological polar surface area (TPSA) is 118 Å². The molecule has 1 fully saturated rings. The van der Waals surface area contributed by atoms with Crippen LogP contribution >= 0.6 is 0 Å². The highest BCUT2D eigenvalue weighted by atomic mass is 16.5. The summed E-state index contributed by atoms with van der Waals surface area (Å²) in [4.78, 5) is 27.0. The SMILES string of the molecule is CCOCCC1(CNC(=NC)NCc2ccc(C(=O)NCC(N)=O)cc2)CCCC1. The fourth-order valence-electron chi connectivity index (χ4n) is 3.79. The van der Waals surface area contributed by atoms with E-state index in [4.69, 9.17) is 10.5 Å². The van der Waals surface area contributed by atoms with Crippen molar-refractivity contribution in [3.8, 4) is 0 Å². The zero-order valence-electron chi connectivity index (χ0n) is 18.1. The van der Waals surface area contributed by atoms with Gasteiger partial charge >= 0.3 is 0 Å². The fraction of sp³-hybridized carbons (Fsp3) is 0.591. The number of hydrogen-bond donors (Lipinski definition) is 4. The monoisotopic (exact) mass is 417 g/mol. The minimum Gasteiger partial charge on any atom is -0.382 e. The van der Waals surface area contributed by atoms with Crippen molar-refractivity contribution in [2.45, 2.75) is 45.6 Å². The van der Waals surface area contributed by atoms with E-state index >= 15 is 0 Å². The summed E-state index contributed by atoms with van der Waals surface area (Å²) in [5.74, 6) is -0.124. The van der Waals surface area contributed by atoms with Crippen LogP contribution in [0.25, 0.3) is 0 Å². The van der Waals surface area contributed by atoms with Gasteiger partial charge in [0, 0.05) is 38.9 Å².